The van der Waals surface area contributed by atoms with Crippen LogP contribution >= 0.6 is 12.2 Å². The number of H-pyrrole nitrogens is 1. The summed E-state index contributed by atoms with van der Waals surface area (Å²) in [7, 11) is 0. The molecule has 0 spiro atoms. The van der Waals surface area contributed by atoms with Crippen LogP contribution in [0.3, 0.4) is 0 Å². The van der Waals surface area contributed by atoms with Gasteiger partial charge in [0.1, 0.15) is 5.69 Å². The lowest BCUT2D eigenvalue weighted by Gasteiger charge is -2.11. The third-order valence-electron chi connectivity index (χ3n) is 2.19. The molecule has 19 heavy (non-hydrogen) atoms. The number of aromatic amines is 1. The van der Waals surface area contributed by atoms with Crippen LogP contribution in [-0.2, 0) is 0 Å². The summed E-state index contributed by atoms with van der Waals surface area (Å²) in [5, 5.41) is 10.7. The van der Waals surface area contributed by atoms with E-state index in [4.69, 9.17) is 12.2 Å². The Balaban J connectivity index is 1.90. The summed E-state index contributed by atoms with van der Waals surface area (Å²) in [6.45, 7) is 1.57. The molecule has 0 fully saturated rings. The highest BCUT2D eigenvalue weighted by molar-refractivity contribution is 7.80. The van der Waals surface area contributed by atoms with Gasteiger partial charge in [-0.1, -0.05) is 18.2 Å². The molecule has 4 N–H and O–H groups in total. The topological polar surface area (TPSA) is 94.7 Å². The van der Waals surface area contributed by atoms with Crippen molar-refractivity contribution in [3.05, 3.63) is 46.4 Å². The lowest BCUT2D eigenvalue weighted by atomic mass is 10.3. The molecule has 0 atom stereocenters. The zero-order chi connectivity index (χ0) is 13.7. The molecule has 2 aromatic rings. The van der Waals surface area contributed by atoms with Gasteiger partial charge in [0.15, 0.2) is 5.11 Å². The number of aromatic nitrogens is 3. The quantitative estimate of drug-likeness (QED) is 0.486. The molecule has 2 rings (SSSR count). The molecular formula is C11H12N6OS. The predicted octanol–water partition coefficient (Wildman–Crippen LogP) is 0.787. The van der Waals surface area contributed by atoms with Gasteiger partial charge in [0.2, 0.25) is 5.95 Å². The zero-order valence-electron chi connectivity index (χ0n) is 10.1. The van der Waals surface area contributed by atoms with Crippen molar-refractivity contribution in [3.8, 4) is 0 Å². The van der Waals surface area contributed by atoms with E-state index in [9.17, 15) is 4.79 Å². The SMILES string of the molecule is Cc1nnc(NNC(=S)Nc2ccccc2)[nH]c1=O. The fourth-order valence-electron chi connectivity index (χ4n) is 1.25. The molecule has 0 bridgehead atoms. The normalized spacial score (nSPS) is 9.74. The lowest BCUT2D eigenvalue weighted by molar-refractivity contribution is 0.882. The van der Waals surface area contributed by atoms with E-state index in [0.29, 0.717) is 10.8 Å². The number of hydrazine groups is 1. The Kier molecular flexibility index (Phi) is 4.04. The first-order valence-electron chi connectivity index (χ1n) is 5.47. The minimum absolute atomic E-state index is 0.188. The smallest absolute Gasteiger partial charge is 0.274 e. The van der Waals surface area contributed by atoms with Crippen LogP contribution in [0.4, 0.5) is 11.6 Å². The summed E-state index contributed by atoms with van der Waals surface area (Å²) in [5.41, 5.74) is 6.19. The van der Waals surface area contributed by atoms with Crippen LogP contribution < -0.4 is 21.7 Å². The van der Waals surface area contributed by atoms with Crippen LogP contribution in [-0.4, -0.2) is 20.3 Å². The van der Waals surface area contributed by atoms with Crippen LogP contribution in [0.5, 0.6) is 0 Å². The minimum atomic E-state index is -0.304. The average molecular weight is 276 g/mol. The molecule has 1 aromatic heterocycles. The number of aryl methyl sites for hydroxylation is 1. The highest BCUT2D eigenvalue weighted by Gasteiger charge is 2.00. The van der Waals surface area contributed by atoms with Crippen LogP contribution in [0.15, 0.2) is 35.1 Å². The van der Waals surface area contributed by atoms with Crippen molar-refractivity contribution in [3.63, 3.8) is 0 Å². The maximum atomic E-state index is 11.3. The Morgan fingerprint density at radius 2 is 2.00 bits per heavy atom. The molecule has 0 aliphatic rings. The first kappa shape index (κ1) is 13.0. The van der Waals surface area contributed by atoms with Crippen molar-refractivity contribution in [1.82, 2.24) is 20.6 Å². The van der Waals surface area contributed by atoms with Gasteiger partial charge in [-0.25, -0.2) is 0 Å². The van der Waals surface area contributed by atoms with Crippen molar-refractivity contribution in [1.29, 1.82) is 0 Å². The Bertz CT molecular complexity index is 627. The van der Waals surface area contributed by atoms with Crippen LogP contribution in [0.25, 0.3) is 0 Å². The van der Waals surface area contributed by atoms with Crippen LogP contribution in [0.1, 0.15) is 5.69 Å². The van der Waals surface area contributed by atoms with Gasteiger partial charge in [-0.2, -0.15) is 0 Å². The van der Waals surface area contributed by atoms with Gasteiger partial charge in [-0.15, -0.1) is 10.2 Å². The van der Waals surface area contributed by atoms with E-state index >= 15 is 0 Å². The van der Waals surface area contributed by atoms with Crippen molar-refractivity contribution in [2.24, 2.45) is 0 Å². The van der Waals surface area contributed by atoms with E-state index in [2.05, 4.69) is 31.3 Å². The average Bonchev–Trinajstić information content (AvgIpc) is 2.41. The maximum Gasteiger partial charge on any atom is 0.274 e. The van der Waals surface area contributed by atoms with Gasteiger partial charge in [-0.05, 0) is 31.3 Å². The standard InChI is InChI=1S/C11H12N6OS/c1-7-9(18)13-10(15-14-7)16-17-11(19)12-8-5-3-2-4-6-8/h2-6H,1H3,(H2,12,17,19)(H2,13,15,16,18). The van der Waals surface area contributed by atoms with E-state index < -0.39 is 0 Å². The molecule has 98 valence electrons. The van der Waals surface area contributed by atoms with E-state index in [0.717, 1.165) is 5.69 Å². The summed E-state index contributed by atoms with van der Waals surface area (Å²) in [4.78, 5) is 13.8. The molecule has 0 aliphatic heterocycles. The highest BCUT2D eigenvalue weighted by Crippen LogP contribution is 2.04. The molecule has 0 amide bonds. The first-order chi connectivity index (χ1) is 9.15. The zero-order valence-corrected chi connectivity index (χ0v) is 10.9. The molecule has 0 aliphatic carbocycles. The number of nitrogens with one attached hydrogen (secondary N) is 4. The molecule has 1 heterocycles. The van der Waals surface area contributed by atoms with E-state index in [1.54, 1.807) is 6.92 Å². The van der Waals surface area contributed by atoms with Gasteiger partial charge >= 0.3 is 0 Å². The van der Waals surface area contributed by atoms with E-state index in [1.165, 1.54) is 0 Å². The third-order valence-corrected chi connectivity index (χ3v) is 2.39. The number of anilines is 2. The van der Waals surface area contributed by atoms with Crippen LogP contribution in [0, 0.1) is 6.92 Å². The molecule has 0 radical (unpaired) electrons. The number of thiocarbonyl (C=S) groups is 1. The number of nitrogens with zero attached hydrogens (tertiary/aromatic N) is 2. The van der Waals surface area contributed by atoms with Gasteiger partial charge in [0.05, 0.1) is 0 Å². The fraction of sp³-hybridized carbons (Fsp3) is 0.0909. The predicted molar refractivity (Wildman–Crippen MR) is 76.8 cm³/mol. The molecule has 0 saturated heterocycles. The van der Waals surface area contributed by atoms with E-state index in [1.807, 2.05) is 30.3 Å². The molecular weight excluding hydrogens is 264 g/mol. The number of para-hydroxylation sites is 1. The number of rotatable bonds is 3. The van der Waals surface area contributed by atoms with Gasteiger partial charge in [0.25, 0.3) is 5.56 Å². The largest absolute Gasteiger partial charge is 0.331 e. The van der Waals surface area contributed by atoms with Crippen molar-refractivity contribution in [2.45, 2.75) is 6.92 Å². The van der Waals surface area contributed by atoms with Gasteiger partial charge in [0, 0.05) is 5.69 Å². The fourth-order valence-corrected chi connectivity index (χ4v) is 1.42. The summed E-state index contributed by atoms with van der Waals surface area (Å²) in [6.07, 6.45) is 0. The highest BCUT2D eigenvalue weighted by atomic mass is 32.1. The Morgan fingerprint density at radius 1 is 1.26 bits per heavy atom. The second-order valence-corrected chi connectivity index (χ2v) is 4.07. The van der Waals surface area contributed by atoms with Crippen molar-refractivity contribution < 1.29 is 0 Å². The van der Waals surface area contributed by atoms with Gasteiger partial charge < -0.3 is 5.32 Å². The van der Waals surface area contributed by atoms with E-state index in [-0.39, 0.29) is 11.5 Å². The monoisotopic (exact) mass is 276 g/mol. The number of hydrogen-bond acceptors (Lipinski definition) is 5. The van der Waals surface area contributed by atoms with Gasteiger partial charge in [-0.3, -0.25) is 20.6 Å². The Hall–Kier alpha value is -2.48. The Morgan fingerprint density at radius 3 is 2.68 bits per heavy atom. The summed E-state index contributed by atoms with van der Waals surface area (Å²) >= 11 is 5.07. The van der Waals surface area contributed by atoms with Crippen LogP contribution in [0.2, 0.25) is 0 Å². The minimum Gasteiger partial charge on any atom is -0.331 e. The second kappa shape index (κ2) is 5.91. The number of hydrogen-bond donors (Lipinski definition) is 4. The summed E-state index contributed by atoms with van der Waals surface area (Å²) in [5.74, 6) is 0.188. The second-order valence-electron chi connectivity index (χ2n) is 3.66. The summed E-state index contributed by atoms with van der Waals surface area (Å²) in [6, 6.07) is 9.44. The lowest BCUT2D eigenvalue weighted by Crippen LogP contribution is -2.35. The molecule has 0 unspecified atom stereocenters. The third kappa shape index (κ3) is 3.75. The molecule has 1 aromatic carbocycles. The van der Waals surface area contributed by atoms with Crippen molar-refractivity contribution in [2.75, 3.05) is 10.7 Å². The number of benzene rings is 1. The molecule has 8 heteroatoms. The Labute approximate surface area is 114 Å². The van der Waals surface area contributed by atoms with Crippen molar-refractivity contribution >= 4 is 29.0 Å². The first-order valence-corrected chi connectivity index (χ1v) is 5.87. The molecule has 7 nitrogen and oxygen atoms in total. The summed E-state index contributed by atoms with van der Waals surface area (Å²) < 4.78 is 0. The maximum absolute atomic E-state index is 11.3. The molecule has 0 saturated carbocycles.